The monoisotopic (exact) mass is 270 g/mol. The molecule has 0 amide bonds. The summed E-state index contributed by atoms with van der Waals surface area (Å²) in [6, 6.07) is 0. The van der Waals surface area contributed by atoms with Gasteiger partial charge in [-0.25, -0.2) is 0 Å². The second-order valence-electron chi connectivity index (χ2n) is 3.43. The quantitative estimate of drug-likeness (QED) is 0.726. The maximum atomic E-state index is 5.54. The van der Waals surface area contributed by atoms with Crippen LogP contribution in [0.25, 0.3) is 0 Å². The summed E-state index contributed by atoms with van der Waals surface area (Å²) in [4.78, 5) is 0. The first-order chi connectivity index (χ1) is 4.37. The predicted molar refractivity (Wildman–Crippen MR) is 49.0 cm³/mol. The van der Waals surface area contributed by atoms with Gasteiger partial charge in [-0.1, -0.05) is 0 Å². The van der Waals surface area contributed by atoms with Gasteiger partial charge in [0.05, 0.1) is 0 Å². The molecule has 0 bridgehead atoms. The normalized spacial score (nSPS) is 13.8. The van der Waals surface area contributed by atoms with Crippen LogP contribution in [-0.4, -0.2) is 37.5 Å². The Morgan fingerprint density at radius 3 is 1.00 bits per heavy atom. The summed E-state index contributed by atoms with van der Waals surface area (Å²) in [6.07, 6.45) is 0. The van der Waals surface area contributed by atoms with Crippen molar-refractivity contribution in [3.05, 3.63) is 0 Å². The molecule has 0 rings (SSSR count). The Balaban J connectivity index is 4.28. The Kier molecular flexibility index (Phi) is 3.97. The first-order valence-electron chi connectivity index (χ1n) is 3.47. The van der Waals surface area contributed by atoms with Crippen LogP contribution in [0.2, 0.25) is 23.0 Å². The second kappa shape index (κ2) is 3.60. The van der Waals surface area contributed by atoms with E-state index in [1.54, 1.807) is 0 Å². The summed E-state index contributed by atoms with van der Waals surface area (Å²) < 4.78 is 11.1. The van der Waals surface area contributed by atoms with Crippen molar-refractivity contribution in [3.63, 3.8) is 0 Å². The van der Waals surface area contributed by atoms with Crippen molar-refractivity contribution >= 4 is 23.3 Å². The summed E-state index contributed by atoms with van der Waals surface area (Å²) in [5, 5.41) is 0. The average Bonchev–Trinajstić information content (AvgIpc) is 1.88. The van der Waals surface area contributed by atoms with Crippen LogP contribution in [0.3, 0.4) is 0 Å². The molecule has 0 aromatic rings. The van der Waals surface area contributed by atoms with Crippen molar-refractivity contribution in [2.24, 2.45) is 0 Å². The summed E-state index contributed by atoms with van der Waals surface area (Å²) in [7, 11) is 3.65. The van der Waals surface area contributed by atoms with Crippen molar-refractivity contribution in [3.8, 4) is 0 Å². The van der Waals surface area contributed by atoms with Gasteiger partial charge >= 0.3 is 68.0 Å². The summed E-state index contributed by atoms with van der Waals surface area (Å²) in [6.45, 7) is 0. The van der Waals surface area contributed by atoms with Crippen molar-refractivity contribution in [1.82, 2.24) is 0 Å². The van der Waals surface area contributed by atoms with E-state index in [1.165, 1.54) is 0 Å². The van der Waals surface area contributed by atoms with Gasteiger partial charge in [0.15, 0.2) is 0 Å². The standard InChI is InChI=1S/C6H18Ge2O2/c1-7(2,9-5)8(3,4)10-6/h1-6H3. The zero-order valence-corrected chi connectivity index (χ0v) is 12.0. The van der Waals surface area contributed by atoms with Crippen LogP contribution in [0.1, 0.15) is 0 Å². The van der Waals surface area contributed by atoms with E-state index in [2.05, 4.69) is 23.0 Å². The Labute approximate surface area is 68.1 Å². The third-order valence-corrected chi connectivity index (χ3v) is 48.9. The molecule has 0 spiro atoms. The molecule has 0 saturated heterocycles. The molecule has 4 heteroatoms. The van der Waals surface area contributed by atoms with Crippen LogP contribution in [-0.2, 0) is 7.53 Å². The number of rotatable bonds is 3. The molecule has 0 aromatic heterocycles. The van der Waals surface area contributed by atoms with Gasteiger partial charge in [0.2, 0.25) is 0 Å². The van der Waals surface area contributed by atoms with Crippen molar-refractivity contribution < 1.29 is 7.53 Å². The molecule has 0 aliphatic carbocycles. The van der Waals surface area contributed by atoms with E-state index in [4.69, 9.17) is 7.53 Å². The molecule has 0 radical (unpaired) electrons. The van der Waals surface area contributed by atoms with Crippen LogP contribution in [0.5, 0.6) is 0 Å². The number of hydrogen-bond donors (Lipinski definition) is 0. The van der Waals surface area contributed by atoms with Gasteiger partial charge < -0.3 is 0 Å². The summed E-state index contributed by atoms with van der Waals surface area (Å²) in [5.41, 5.74) is 0. The van der Waals surface area contributed by atoms with Crippen molar-refractivity contribution in [1.29, 1.82) is 0 Å². The van der Waals surface area contributed by atoms with Crippen molar-refractivity contribution in [2.75, 3.05) is 14.2 Å². The molecule has 62 valence electrons. The van der Waals surface area contributed by atoms with Crippen molar-refractivity contribution in [2.45, 2.75) is 23.0 Å². The SMILES string of the molecule is C[O][Ge]([CH3])([CH3])[Ge]([CH3])([CH3])[O]C. The Hall–Kier alpha value is 1.01. The molecule has 0 atom stereocenters. The molecule has 0 aliphatic heterocycles. The first kappa shape index (κ1) is 11.0. The molecule has 0 heterocycles. The third kappa shape index (κ3) is 2.25. The van der Waals surface area contributed by atoms with Gasteiger partial charge in [0.1, 0.15) is 0 Å². The summed E-state index contributed by atoms with van der Waals surface area (Å²) >= 11 is -3.85. The molecule has 2 nitrogen and oxygen atoms in total. The molecular weight excluding hydrogens is 249 g/mol. The molecule has 0 fully saturated rings. The zero-order valence-electron chi connectivity index (χ0n) is 7.82. The Morgan fingerprint density at radius 1 is 0.700 bits per heavy atom. The van der Waals surface area contributed by atoms with E-state index in [-0.39, 0.29) is 0 Å². The van der Waals surface area contributed by atoms with E-state index in [9.17, 15) is 0 Å². The van der Waals surface area contributed by atoms with Crippen LogP contribution in [0, 0.1) is 0 Å². The Morgan fingerprint density at radius 2 is 0.900 bits per heavy atom. The molecule has 10 heavy (non-hydrogen) atoms. The minimum atomic E-state index is -1.93. The first-order valence-corrected chi connectivity index (χ1v) is 20.1. The topological polar surface area (TPSA) is 18.5 Å². The van der Waals surface area contributed by atoms with Gasteiger partial charge in [-0.05, 0) is 0 Å². The van der Waals surface area contributed by atoms with Crippen LogP contribution in [0.15, 0.2) is 0 Å². The molecule has 0 saturated carbocycles. The second-order valence-corrected chi connectivity index (χ2v) is 44.1. The van der Waals surface area contributed by atoms with Gasteiger partial charge in [-0.15, -0.1) is 0 Å². The zero-order chi connectivity index (χ0) is 8.41. The molecule has 0 aliphatic rings. The van der Waals surface area contributed by atoms with E-state index in [1.807, 2.05) is 14.2 Å². The van der Waals surface area contributed by atoms with Crippen LogP contribution >= 0.6 is 0 Å². The fraction of sp³-hybridized carbons (Fsp3) is 1.00. The fourth-order valence-electron chi connectivity index (χ4n) is 0.492. The van der Waals surface area contributed by atoms with E-state index in [0.717, 1.165) is 0 Å². The van der Waals surface area contributed by atoms with Gasteiger partial charge in [-0.3, -0.25) is 0 Å². The maximum absolute atomic E-state index is 5.54. The van der Waals surface area contributed by atoms with E-state index in [0.29, 0.717) is 0 Å². The van der Waals surface area contributed by atoms with E-state index < -0.39 is 23.3 Å². The van der Waals surface area contributed by atoms with E-state index >= 15 is 0 Å². The predicted octanol–water partition coefficient (Wildman–Crippen LogP) is 1.77. The van der Waals surface area contributed by atoms with Gasteiger partial charge in [0.25, 0.3) is 0 Å². The fourth-order valence-corrected chi connectivity index (χ4v) is 13.3. The van der Waals surface area contributed by atoms with Gasteiger partial charge in [0, 0.05) is 0 Å². The molecular formula is C6H18Ge2O2. The summed E-state index contributed by atoms with van der Waals surface area (Å²) in [5.74, 6) is 9.12. The molecule has 0 aromatic carbocycles. The molecule has 0 N–H and O–H groups in total. The minimum absolute atomic E-state index is 1.83. The van der Waals surface area contributed by atoms with Gasteiger partial charge in [-0.2, -0.15) is 0 Å². The Bertz CT molecular complexity index is 98.3. The van der Waals surface area contributed by atoms with Crippen LogP contribution in [0.4, 0.5) is 0 Å². The average molecular weight is 267 g/mol. The van der Waals surface area contributed by atoms with Crippen LogP contribution < -0.4 is 0 Å². The third-order valence-electron chi connectivity index (χ3n) is 2.47. The number of hydrogen-bond acceptors (Lipinski definition) is 2. The molecule has 0 unspecified atom stereocenters.